The maximum Gasteiger partial charge on any atom is 0.224 e. The molecule has 29 heavy (non-hydrogen) atoms. The van der Waals surface area contributed by atoms with Gasteiger partial charge in [-0.05, 0) is 31.5 Å². The molecule has 1 fully saturated rings. The van der Waals surface area contributed by atoms with Crippen molar-refractivity contribution in [3.8, 4) is 11.6 Å². The molecule has 1 aliphatic heterocycles. The first kappa shape index (κ1) is 21.3. The lowest BCUT2D eigenvalue weighted by Gasteiger charge is -2.40. The predicted molar refractivity (Wildman–Crippen MR) is 111 cm³/mol. The van der Waals surface area contributed by atoms with Crippen molar-refractivity contribution in [2.45, 2.75) is 45.6 Å². The van der Waals surface area contributed by atoms with E-state index in [-0.39, 0.29) is 17.0 Å². The summed E-state index contributed by atoms with van der Waals surface area (Å²) in [5, 5.41) is 0.175. The number of rotatable bonds is 7. The third-order valence-electron chi connectivity index (χ3n) is 5.00. The molecule has 0 N–H and O–H groups in total. The van der Waals surface area contributed by atoms with Crippen LogP contribution >= 0.6 is 11.6 Å². The number of amides is 1. The monoisotopic (exact) mass is 420 g/mol. The molecular weight excluding hydrogens is 395 g/mol. The van der Waals surface area contributed by atoms with Crippen LogP contribution < -0.4 is 9.64 Å². The number of carbonyl (C=O) groups is 1. The zero-order valence-corrected chi connectivity index (χ0v) is 17.5. The lowest BCUT2D eigenvalue weighted by Crippen LogP contribution is -2.54. The van der Waals surface area contributed by atoms with Crippen LogP contribution in [-0.4, -0.2) is 46.5 Å². The minimum atomic E-state index is -0.429. The van der Waals surface area contributed by atoms with Gasteiger partial charge in [0.15, 0.2) is 0 Å². The molecule has 1 aromatic heterocycles. The van der Waals surface area contributed by atoms with Gasteiger partial charge in [-0.1, -0.05) is 31.4 Å². The molecule has 8 heteroatoms. The van der Waals surface area contributed by atoms with Crippen LogP contribution in [0.15, 0.2) is 30.6 Å². The first-order chi connectivity index (χ1) is 14.0. The SMILES string of the molecule is CCCCCC(=O)N1CCN(c2cc(Oc3ccc(F)cc3Cl)ncn2)CC1C. The third-order valence-corrected chi connectivity index (χ3v) is 5.30. The smallest absolute Gasteiger partial charge is 0.224 e. The number of hydrogen-bond acceptors (Lipinski definition) is 5. The molecule has 1 atom stereocenters. The minimum Gasteiger partial charge on any atom is -0.437 e. The Morgan fingerprint density at radius 1 is 1.28 bits per heavy atom. The first-order valence-corrected chi connectivity index (χ1v) is 10.3. The Morgan fingerprint density at radius 2 is 2.10 bits per heavy atom. The van der Waals surface area contributed by atoms with Crippen molar-refractivity contribution in [1.29, 1.82) is 0 Å². The van der Waals surface area contributed by atoms with E-state index in [0.717, 1.165) is 25.1 Å². The van der Waals surface area contributed by atoms with Crippen molar-refractivity contribution >= 4 is 23.3 Å². The van der Waals surface area contributed by atoms with Crippen LogP contribution in [0, 0.1) is 5.82 Å². The number of unbranched alkanes of at least 4 members (excludes halogenated alkanes) is 2. The van der Waals surface area contributed by atoms with Crippen LogP contribution in [-0.2, 0) is 4.79 Å². The Balaban J connectivity index is 1.63. The van der Waals surface area contributed by atoms with Crippen LogP contribution in [0.1, 0.15) is 39.5 Å². The lowest BCUT2D eigenvalue weighted by molar-refractivity contribution is -0.133. The van der Waals surface area contributed by atoms with Gasteiger partial charge in [0, 0.05) is 38.2 Å². The summed E-state index contributed by atoms with van der Waals surface area (Å²) in [4.78, 5) is 25.0. The number of carbonyl (C=O) groups excluding carboxylic acids is 1. The van der Waals surface area contributed by atoms with E-state index in [0.29, 0.717) is 37.7 Å². The van der Waals surface area contributed by atoms with E-state index in [2.05, 4.69) is 28.7 Å². The number of anilines is 1. The van der Waals surface area contributed by atoms with Gasteiger partial charge in [0.25, 0.3) is 0 Å². The number of halogens is 2. The van der Waals surface area contributed by atoms with E-state index >= 15 is 0 Å². The van der Waals surface area contributed by atoms with E-state index in [1.54, 1.807) is 6.07 Å². The summed E-state index contributed by atoms with van der Waals surface area (Å²) >= 11 is 6.02. The molecule has 1 saturated heterocycles. The third kappa shape index (κ3) is 5.56. The average molecular weight is 421 g/mol. The fourth-order valence-electron chi connectivity index (χ4n) is 3.44. The molecule has 3 rings (SSSR count). The Labute approximate surface area is 175 Å². The average Bonchev–Trinajstić information content (AvgIpc) is 2.70. The number of piperazine rings is 1. The second kappa shape index (κ2) is 9.87. The molecule has 1 aliphatic rings. The molecule has 1 unspecified atom stereocenters. The van der Waals surface area contributed by atoms with Gasteiger partial charge in [0.1, 0.15) is 23.7 Å². The second-order valence-corrected chi connectivity index (χ2v) is 7.64. The number of benzene rings is 1. The van der Waals surface area contributed by atoms with Gasteiger partial charge in [-0.15, -0.1) is 0 Å². The standard InChI is InChI=1S/C21H26ClFN4O2/c1-3-4-5-6-21(28)27-10-9-26(13-15(27)2)19-12-20(25-14-24-19)29-18-8-7-16(23)11-17(18)22/h7-8,11-12,14-15H,3-6,9-10,13H2,1-2H3. The molecule has 6 nitrogen and oxygen atoms in total. The lowest BCUT2D eigenvalue weighted by atomic mass is 10.1. The fourth-order valence-corrected chi connectivity index (χ4v) is 3.64. The van der Waals surface area contributed by atoms with Gasteiger partial charge in [0.05, 0.1) is 5.02 Å². The zero-order chi connectivity index (χ0) is 20.8. The molecule has 2 heterocycles. The normalized spacial score (nSPS) is 16.8. The molecule has 1 aromatic carbocycles. The summed E-state index contributed by atoms with van der Waals surface area (Å²) in [5.41, 5.74) is 0. The van der Waals surface area contributed by atoms with Gasteiger partial charge in [-0.2, -0.15) is 0 Å². The quantitative estimate of drug-likeness (QED) is 0.609. The second-order valence-electron chi connectivity index (χ2n) is 7.23. The highest BCUT2D eigenvalue weighted by atomic mass is 35.5. The van der Waals surface area contributed by atoms with Gasteiger partial charge in [-0.3, -0.25) is 4.79 Å². The van der Waals surface area contributed by atoms with Gasteiger partial charge < -0.3 is 14.5 Å². The molecule has 0 radical (unpaired) electrons. The molecule has 0 aliphatic carbocycles. The highest BCUT2D eigenvalue weighted by Gasteiger charge is 2.27. The number of aromatic nitrogens is 2. The van der Waals surface area contributed by atoms with Gasteiger partial charge in [0.2, 0.25) is 11.8 Å². The molecule has 2 aromatic rings. The Hall–Kier alpha value is -2.41. The van der Waals surface area contributed by atoms with Crippen molar-refractivity contribution in [2.75, 3.05) is 24.5 Å². The minimum absolute atomic E-state index is 0.101. The van der Waals surface area contributed by atoms with Crippen LogP contribution in [0.2, 0.25) is 5.02 Å². The van der Waals surface area contributed by atoms with Crippen molar-refractivity contribution in [3.05, 3.63) is 41.4 Å². The molecule has 1 amide bonds. The van der Waals surface area contributed by atoms with Crippen molar-refractivity contribution < 1.29 is 13.9 Å². The van der Waals surface area contributed by atoms with E-state index in [1.165, 1.54) is 24.5 Å². The first-order valence-electron chi connectivity index (χ1n) is 9.97. The fraction of sp³-hybridized carbons (Fsp3) is 0.476. The molecule has 156 valence electrons. The molecular formula is C21H26ClFN4O2. The highest BCUT2D eigenvalue weighted by Crippen LogP contribution is 2.30. The van der Waals surface area contributed by atoms with Crippen molar-refractivity contribution in [3.63, 3.8) is 0 Å². The van der Waals surface area contributed by atoms with Crippen molar-refractivity contribution in [1.82, 2.24) is 14.9 Å². The Kier molecular flexibility index (Phi) is 7.25. The summed E-state index contributed by atoms with van der Waals surface area (Å²) in [6.45, 7) is 6.23. The maximum absolute atomic E-state index is 13.2. The van der Waals surface area contributed by atoms with Gasteiger partial charge in [-0.25, -0.2) is 14.4 Å². The van der Waals surface area contributed by atoms with Gasteiger partial charge >= 0.3 is 0 Å². The van der Waals surface area contributed by atoms with Crippen LogP contribution in [0.3, 0.4) is 0 Å². The number of ether oxygens (including phenoxy) is 1. The summed E-state index contributed by atoms with van der Waals surface area (Å²) < 4.78 is 18.9. The van der Waals surface area contributed by atoms with E-state index in [9.17, 15) is 9.18 Å². The molecule has 0 saturated carbocycles. The summed E-state index contributed by atoms with van der Waals surface area (Å²) in [5.74, 6) is 1.17. The topological polar surface area (TPSA) is 58.6 Å². The van der Waals surface area contributed by atoms with E-state index in [1.807, 2.05) is 4.90 Å². The van der Waals surface area contributed by atoms with E-state index in [4.69, 9.17) is 16.3 Å². The maximum atomic E-state index is 13.2. The number of hydrogen-bond donors (Lipinski definition) is 0. The highest BCUT2D eigenvalue weighted by molar-refractivity contribution is 6.32. The van der Waals surface area contributed by atoms with Crippen LogP contribution in [0.4, 0.5) is 10.2 Å². The van der Waals surface area contributed by atoms with E-state index < -0.39 is 5.82 Å². The Morgan fingerprint density at radius 3 is 2.83 bits per heavy atom. The summed E-state index contributed by atoms with van der Waals surface area (Å²) in [7, 11) is 0. The predicted octanol–water partition coefficient (Wildman–Crippen LogP) is 4.68. The Bertz CT molecular complexity index is 851. The molecule has 0 spiro atoms. The largest absolute Gasteiger partial charge is 0.437 e. The zero-order valence-electron chi connectivity index (χ0n) is 16.8. The van der Waals surface area contributed by atoms with Crippen LogP contribution in [0.25, 0.3) is 0 Å². The summed E-state index contributed by atoms with van der Waals surface area (Å²) in [6, 6.07) is 5.76. The van der Waals surface area contributed by atoms with Crippen LogP contribution in [0.5, 0.6) is 11.6 Å². The van der Waals surface area contributed by atoms with Crippen molar-refractivity contribution in [2.24, 2.45) is 0 Å². The summed E-state index contributed by atoms with van der Waals surface area (Å²) in [6.07, 6.45) is 5.18. The molecule has 0 bridgehead atoms. The number of nitrogens with zero attached hydrogens (tertiary/aromatic N) is 4.